The number of hydrogen-bond acceptors (Lipinski definition) is 0. The molecule has 0 aliphatic rings. The van der Waals surface area contributed by atoms with Gasteiger partial charge in [-0.1, -0.05) is 6.08 Å². The summed E-state index contributed by atoms with van der Waals surface area (Å²) in [7, 11) is 0. The number of aryl methyl sites for hydroxylation is 1. The first-order chi connectivity index (χ1) is 6.79. The minimum absolute atomic E-state index is 0. The standard InChI is InChI=1S/C9H7BF5.K/c1-6-4-7(2-3-10(13,14)15)9(12)5-8(6)11;/h2-5H,1H3;/q-1;+1/b3-2+;. The van der Waals surface area contributed by atoms with E-state index in [1.165, 1.54) is 6.92 Å². The van der Waals surface area contributed by atoms with Crippen LogP contribution in [0.2, 0.25) is 0 Å². The molecule has 0 atom stereocenters. The van der Waals surface area contributed by atoms with Crippen LogP contribution in [0.15, 0.2) is 18.1 Å². The Labute approximate surface area is 132 Å². The van der Waals surface area contributed by atoms with Gasteiger partial charge < -0.3 is 12.9 Å². The van der Waals surface area contributed by atoms with Gasteiger partial charge in [-0.2, -0.15) is 0 Å². The molecular weight excluding hydrogens is 253 g/mol. The molecule has 0 unspecified atom stereocenters. The quantitative estimate of drug-likeness (QED) is 0.542. The fraction of sp³-hybridized carbons (Fsp3) is 0.111. The Bertz CT molecular complexity index is 400. The zero-order valence-corrected chi connectivity index (χ0v) is 11.9. The maximum absolute atomic E-state index is 13.0. The molecule has 1 aromatic carbocycles. The first kappa shape index (κ1) is 16.3. The van der Waals surface area contributed by atoms with Crippen molar-refractivity contribution in [1.29, 1.82) is 0 Å². The third-order valence-electron chi connectivity index (χ3n) is 1.77. The van der Waals surface area contributed by atoms with E-state index in [1.807, 2.05) is 0 Å². The molecule has 0 heterocycles. The summed E-state index contributed by atoms with van der Waals surface area (Å²) in [6.07, 6.45) is 0.599. The second-order valence-electron chi connectivity index (χ2n) is 3.11. The third kappa shape index (κ3) is 5.09. The molecule has 0 radical (unpaired) electrons. The Morgan fingerprint density at radius 2 is 1.62 bits per heavy atom. The summed E-state index contributed by atoms with van der Waals surface area (Å²) >= 11 is 0. The van der Waals surface area contributed by atoms with Crippen molar-refractivity contribution in [2.24, 2.45) is 0 Å². The maximum Gasteiger partial charge on any atom is 1.00 e. The van der Waals surface area contributed by atoms with Gasteiger partial charge in [-0.05, 0) is 18.6 Å². The average Bonchev–Trinajstić information content (AvgIpc) is 2.07. The van der Waals surface area contributed by atoms with Gasteiger partial charge in [0, 0.05) is 11.6 Å². The monoisotopic (exact) mass is 260 g/mol. The summed E-state index contributed by atoms with van der Waals surface area (Å²) < 4.78 is 61.2. The van der Waals surface area contributed by atoms with Gasteiger partial charge in [-0.25, -0.2) is 8.78 Å². The maximum atomic E-state index is 13.0. The SMILES string of the molecule is Cc1cc(/C=C/[B-](F)(F)F)c(F)cc1F.[K+]. The van der Waals surface area contributed by atoms with Gasteiger partial charge >= 0.3 is 58.4 Å². The summed E-state index contributed by atoms with van der Waals surface area (Å²) in [6, 6.07) is 1.60. The molecule has 0 fully saturated rings. The topological polar surface area (TPSA) is 0 Å². The number of rotatable bonds is 2. The Hall–Kier alpha value is 0.311. The van der Waals surface area contributed by atoms with Gasteiger partial charge in [-0.15, -0.1) is 5.98 Å². The van der Waals surface area contributed by atoms with Crippen LogP contribution in [0, 0.1) is 18.6 Å². The van der Waals surface area contributed by atoms with E-state index in [2.05, 4.69) is 0 Å². The molecule has 0 amide bonds. The Morgan fingerprint density at radius 3 is 2.12 bits per heavy atom. The average molecular weight is 260 g/mol. The molecule has 0 N–H and O–H groups in total. The largest absolute Gasteiger partial charge is 1.00 e. The minimum Gasteiger partial charge on any atom is -0.445 e. The first-order valence-electron chi connectivity index (χ1n) is 4.14. The van der Waals surface area contributed by atoms with Crippen molar-refractivity contribution < 1.29 is 73.1 Å². The minimum atomic E-state index is -5.10. The normalized spacial score (nSPS) is 11.6. The van der Waals surface area contributed by atoms with Crippen molar-refractivity contribution in [3.05, 3.63) is 40.9 Å². The van der Waals surface area contributed by atoms with Crippen LogP contribution in [0.25, 0.3) is 6.08 Å². The zero-order valence-electron chi connectivity index (χ0n) is 8.78. The van der Waals surface area contributed by atoms with E-state index in [1.54, 1.807) is 0 Å². The van der Waals surface area contributed by atoms with Crippen molar-refractivity contribution >= 4 is 13.1 Å². The van der Waals surface area contributed by atoms with E-state index >= 15 is 0 Å². The molecule has 0 aliphatic carbocycles. The second kappa shape index (κ2) is 6.30. The van der Waals surface area contributed by atoms with E-state index in [4.69, 9.17) is 0 Å². The van der Waals surface area contributed by atoms with Gasteiger partial charge in [-0.3, -0.25) is 0 Å². The van der Waals surface area contributed by atoms with Crippen molar-refractivity contribution in [3.8, 4) is 0 Å². The predicted molar refractivity (Wildman–Crippen MR) is 49.2 cm³/mol. The van der Waals surface area contributed by atoms with Gasteiger partial charge in [0.05, 0.1) is 0 Å². The summed E-state index contributed by atoms with van der Waals surface area (Å²) in [4.78, 5) is 0. The molecule has 0 saturated heterocycles. The van der Waals surface area contributed by atoms with Gasteiger partial charge in [0.25, 0.3) is 0 Å². The molecule has 0 saturated carbocycles. The van der Waals surface area contributed by atoms with Crippen LogP contribution < -0.4 is 51.4 Å². The molecule has 0 bridgehead atoms. The molecule has 0 spiro atoms. The Balaban J connectivity index is 0.00000225. The van der Waals surface area contributed by atoms with Crippen molar-refractivity contribution in [1.82, 2.24) is 0 Å². The summed E-state index contributed by atoms with van der Waals surface area (Å²) in [5.41, 5.74) is -0.168. The van der Waals surface area contributed by atoms with Crippen LogP contribution in [0.3, 0.4) is 0 Å². The zero-order chi connectivity index (χ0) is 11.6. The van der Waals surface area contributed by atoms with Crippen LogP contribution in [0.4, 0.5) is 21.7 Å². The predicted octanol–water partition coefficient (Wildman–Crippen LogP) is 0.677. The van der Waals surface area contributed by atoms with Gasteiger partial charge in [0.2, 0.25) is 0 Å². The van der Waals surface area contributed by atoms with Gasteiger partial charge in [0.1, 0.15) is 11.6 Å². The number of halogens is 5. The molecular formula is C9H7BF5K. The Kier molecular flexibility index (Phi) is 6.42. The van der Waals surface area contributed by atoms with E-state index < -0.39 is 18.6 Å². The summed E-state index contributed by atoms with van der Waals surface area (Å²) in [6.45, 7) is -3.75. The molecule has 7 heteroatoms. The smallest absolute Gasteiger partial charge is 0.445 e. The molecule has 1 aromatic rings. The van der Waals surface area contributed by atoms with Crippen LogP contribution in [-0.2, 0) is 0 Å². The van der Waals surface area contributed by atoms with E-state index in [9.17, 15) is 21.7 Å². The molecule has 82 valence electrons. The van der Waals surface area contributed by atoms with Crippen LogP contribution in [0.5, 0.6) is 0 Å². The van der Waals surface area contributed by atoms with E-state index in [0.29, 0.717) is 12.1 Å². The van der Waals surface area contributed by atoms with E-state index in [-0.39, 0.29) is 68.5 Å². The molecule has 0 nitrogen and oxygen atoms in total. The van der Waals surface area contributed by atoms with Crippen LogP contribution >= 0.6 is 0 Å². The Morgan fingerprint density at radius 1 is 1.06 bits per heavy atom. The fourth-order valence-electron chi connectivity index (χ4n) is 1.02. The van der Waals surface area contributed by atoms with Crippen LogP contribution in [-0.4, -0.2) is 6.98 Å². The molecule has 1 rings (SSSR count). The summed E-state index contributed by atoms with van der Waals surface area (Å²) in [5.74, 6) is -1.81. The molecule has 0 aromatic heterocycles. The first-order valence-corrected chi connectivity index (χ1v) is 4.14. The number of hydrogen-bond donors (Lipinski definition) is 0. The van der Waals surface area contributed by atoms with Crippen molar-refractivity contribution in [2.45, 2.75) is 6.92 Å². The molecule has 16 heavy (non-hydrogen) atoms. The van der Waals surface area contributed by atoms with Crippen molar-refractivity contribution in [3.63, 3.8) is 0 Å². The molecule has 0 aliphatic heterocycles. The van der Waals surface area contributed by atoms with Gasteiger partial charge in [0.15, 0.2) is 0 Å². The fourth-order valence-corrected chi connectivity index (χ4v) is 1.02. The van der Waals surface area contributed by atoms with Crippen LogP contribution in [0.1, 0.15) is 11.1 Å². The summed E-state index contributed by atoms with van der Waals surface area (Å²) in [5, 5.41) is 0. The third-order valence-corrected chi connectivity index (χ3v) is 1.77. The number of benzene rings is 1. The van der Waals surface area contributed by atoms with E-state index in [0.717, 1.165) is 6.07 Å². The van der Waals surface area contributed by atoms with Crippen molar-refractivity contribution in [2.75, 3.05) is 0 Å². The second-order valence-corrected chi connectivity index (χ2v) is 3.11.